The van der Waals surface area contributed by atoms with E-state index in [4.69, 9.17) is 9.47 Å². The molecule has 2 N–H and O–H groups in total. The van der Waals surface area contributed by atoms with E-state index in [-0.39, 0.29) is 5.60 Å². The number of aromatic amines is 1. The lowest BCUT2D eigenvalue weighted by molar-refractivity contribution is -0.177. The lowest BCUT2D eigenvalue weighted by atomic mass is 10.1. The van der Waals surface area contributed by atoms with Gasteiger partial charge in [-0.1, -0.05) is 0 Å². The van der Waals surface area contributed by atoms with E-state index in [0.29, 0.717) is 13.1 Å². The highest BCUT2D eigenvalue weighted by Gasteiger charge is 2.40. The first kappa shape index (κ1) is 19.2. The quantitative estimate of drug-likeness (QED) is 0.595. The predicted octanol–water partition coefficient (Wildman–Crippen LogP) is 2.00. The van der Waals surface area contributed by atoms with Crippen LogP contribution in [0.5, 0.6) is 5.75 Å². The minimum atomic E-state index is -0.863. The van der Waals surface area contributed by atoms with Crippen LogP contribution in [0.2, 0.25) is 0 Å². The van der Waals surface area contributed by atoms with Gasteiger partial charge in [0.05, 0.1) is 11.2 Å². The molecular weight excluding hydrogens is 384 g/mol. The number of benzene rings is 1. The minimum Gasteiger partial charge on any atom is -0.488 e. The largest absolute Gasteiger partial charge is 0.488 e. The van der Waals surface area contributed by atoms with E-state index in [1.165, 1.54) is 7.11 Å². The molecule has 5 rings (SSSR count). The first-order valence-corrected chi connectivity index (χ1v) is 10.2. The number of aromatic nitrogens is 4. The Hall–Kier alpha value is -2.75. The molecule has 9 nitrogen and oxygen atoms in total. The fraction of sp³-hybridized carbons (Fsp3) is 0.476. The molecule has 1 saturated carbocycles. The van der Waals surface area contributed by atoms with Gasteiger partial charge in [-0.3, -0.25) is 10.00 Å². The molecule has 2 aromatic heterocycles. The van der Waals surface area contributed by atoms with Gasteiger partial charge in [-0.2, -0.15) is 5.10 Å². The highest BCUT2D eigenvalue weighted by Crippen LogP contribution is 2.40. The molecule has 158 valence electrons. The maximum absolute atomic E-state index is 9.84. The Labute approximate surface area is 174 Å². The molecule has 9 heteroatoms. The summed E-state index contributed by atoms with van der Waals surface area (Å²) in [7, 11) is 1.50. The zero-order chi connectivity index (χ0) is 20.7. The van der Waals surface area contributed by atoms with Crippen LogP contribution in [-0.2, 0) is 4.74 Å². The van der Waals surface area contributed by atoms with Crippen molar-refractivity contribution in [3.05, 3.63) is 30.6 Å². The van der Waals surface area contributed by atoms with Crippen LogP contribution in [0.15, 0.2) is 30.6 Å². The molecule has 0 unspecified atom stereocenters. The van der Waals surface area contributed by atoms with Gasteiger partial charge in [0.2, 0.25) is 6.41 Å². The number of H-pyrrole nitrogens is 1. The van der Waals surface area contributed by atoms with Crippen LogP contribution in [-0.4, -0.2) is 75.5 Å². The van der Waals surface area contributed by atoms with Crippen molar-refractivity contribution in [3.63, 3.8) is 0 Å². The van der Waals surface area contributed by atoms with Crippen LogP contribution in [0.3, 0.4) is 0 Å². The molecule has 2 aliphatic rings. The number of methoxy groups -OCH3 is 1. The average molecular weight is 410 g/mol. The maximum atomic E-state index is 9.84. The Morgan fingerprint density at radius 3 is 2.67 bits per heavy atom. The number of aliphatic hydroxyl groups excluding tert-OH is 1. The average Bonchev–Trinajstić information content (AvgIpc) is 3.35. The number of piperazine rings is 1. The van der Waals surface area contributed by atoms with Crippen LogP contribution in [0.25, 0.3) is 22.3 Å². The van der Waals surface area contributed by atoms with E-state index in [0.717, 1.165) is 59.8 Å². The Balaban J connectivity index is 1.39. The Kier molecular flexibility index (Phi) is 4.80. The van der Waals surface area contributed by atoms with Crippen LogP contribution < -0.4 is 9.64 Å². The SMILES string of the molecule is CO[C@H](O)N1CCN(c2cc(-c3n[nH]c4ccc(OC5(C)CC5)cc34)ncn2)CC1. The molecule has 3 heterocycles. The number of fused-ring (bicyclic) bond motifs is 1. The summed E-state index contributed by atoms with van der Waals surface area (Å²) in [6, 6.07) is 7.97. The van der Waals surface area contributed by atoms with Crippen molar-refractivity contribution in [2.75, 3.05) is 38.2 Å². The number of anilines is 1. The number of ether oxygens (including phenoxy) is 2. The Bertz CT molecular complexity index is 1040. The first-order valence-electron chi connectivity index (χ1n) is 10.2. The van der Waals surface area contributed by atoms with Gasteiger partial charge in [-0.25, -0.2) is 9.97 Å². The third kappa shape index (κ3) is 3.71. The lowest BCUT2D eigenvalue weighted by Crippen LogP contribution is -2.51. The Morgan fingerprint density at radius 1 is 1.13 bits per heavy atom. The number of hydrogen-bond donors (Lipinski definition) is 2. The summed E-state index contributed by atoms with van der Waals surface area (Å²) in [5.74, 6) is 1.70. The van der Waals surface area contributed by atoms with Gasteiger partial charge in [0, 0.05) is 44.7 Å². The standard InChI is InChI=1S/C21H26N6O3/c1-21(5-6-21)30-14-3-4-16-15(11-14)19(25-24-16)17-12-18(23-13-22-17)26-7-9-27(10-8-26)20(28)29-2/h3-4,11-13,20,28H,5-10H2,1-2H3,(H,24,25)/t20-/m0/s1. The van der Waals surface area contributed by atoms with E-state index in [2.05, 4.69) is 32.0 Å². The molecule has 30 heavy (non-hydrogen) atoms. The maximum Gasteiger partial charge on any atom is 0.215 e. The van der Waals surface area contributed by atoms with Crippen molar-refractivity contribution in [1.82, 2.24) is 25.1 Å². The summed E-state index contributed by atoms with van der Waals surface area (Å²) in [5.41, 5.74) is 2.47. The summed E-state index contributed by atoms with van der Waals surface area (Å²) in [6.07, 6.45) is 2.89. The normalized spacial score (nSPS) is 19.8. The highest BCUT2D eigenvalue weighted by atomic mass is 16.6. The highest BCUT2D eigenvalue weighted by molar-refractivity contribution is 5.93. The van der Waals surface area contributed by atoms with Gasteiger partial charge in [-0.05, 0) is 38.0 Å². The summed E-state index contributed by atoms with van der Waals surface area (Å²) < 4.78 is 11.1. The molecule has 1 aliphatic carbocycles. The summed E-state index contributed by atoms with van der Waals surface area (Å²) in [6.45, 7) is 5.01. The zero-order valence-corrected chi connectivity index (χ0v) is 17.2. The van der Waals surface area contributed by atoms with Gasteiger partial charge in [-0.15, -0.1) is 0 Å². The second-order valence-electron chi connectivity index (χ2n) is 8.18. The second kappa shape index (κ2) is 7.50. The van der Waals surface area contributed by atoms with Gasteiger partial charge < -0.3 is 19.5 Å². The van der Waals surface area contributed by atoms with Gasteiger partial charge in [0.15, 0.2) is 0 Å². The molecule has 1 aromatic carbocycles. The van der Waals surface area contributed by atoms with Gasteiger partial charge in [0.25, 0.3) is 0 Å². The topological polar surface area (TPSA) is 99.6 Å². The monoisotopic (exact) mass is 410 g/mol. The molecule has 3 aromatic rings. The van der Waals surface area contributed by atoms with Gasteiger partial charge >= 0.3 is 0 Å². The summed E-state index contributed by atoms with van der Waals surface area (Å²) in [4.78, 5) is 13.0. The fourth-order valence-corrected chi connectivity index (χ4v) is 3.78. The molecule has 1 atom stereocenters. The van der Waals surface area contributed by atoms with Crippen molar-refractivity contribution in [3.8, 4) is 17.1 Å². The molecule has 0 radical (unpaired) electrons. The lowest BCUT2D eigenvalue weighted by Gasteiger charge is -2.36. The molecule has 1 aliphatic heterocycles. The summed E-state index contributed by atoms with van der Waals surface area (Å²) in [5, 5.41) is 18.4. The van der Waals surface area contributed by atoms with Crippen LogP contribution in [0.4, 0.5) is 5.82 Å². The molecule has 0 bridgehead atoms. The predicted molar refractivity (Wildman–Crippen MR) is 112 cm³/mol. The van der Waals surface area contributed by atoms with Crippen LogP contribution >= 0.6 is 0 Å². The molecule has 0 spiro atoms. The number of rotatable bonds is 6. The smallest absolute Gasteiger partial charge is 0.215 e. The number of aliphatic hydroxyl groups is 1. The van der Waals surface area contributed by atoms with Crippen LogP contribution in [0.1, 0.15) is 19.8 Å². The van der Waals surface area contributed by atoms with Crippen LogP contribution in [0, 0.1) is 0 Å². The van der Waals surface area contributed by atoms with Crippen molar-refractivity contribution >= 4 is 16.7 Å². The third-order valence-electron chi connectivity index (χ3n) is 5.91. The zero-order valence-electron chi connectivity index (χ0n) is 17.2. The van der Waals surface area contributed by atoms with E-state index in [9.17, 15) is 5.11 Å². The second-order valence-corrected chi connectivity index (χ2v) is 8.18. The number of hydrogen-bond acceptors (Lipinski definition) is 8. The van der Waals surface area contributed by atoms with Crippen molar-refractivity contribution in [1.29, 1.82) is 0 Å². The van der Waals surface area contributed by atoms with E-state index in [1.54, 1.807) is 6.33 Å². The fourth-order valence-electron chi connectivity index (χ4n) is 3.78. The molecular formula is C21H26N6O3. The van der Waals surface area contributed by atoms with Crippen molar-refractivity contribution in [2.45, 2.75) is 31.8 Å². The number of nitrogens with one attached hydrogen (secondary N) is 1. The van der Waals surface area contributed by atoms with Crippen molar-refractivity contribution in [2.24, 2.45) is 0 Å². The third-order valence-corrected chi connectivity index (χ3v) is 5.91. The van der Waals surface area contributed by atoms with Crippen molar-refractivity contribution < 1.29 is 14.6 Å². The minimum absolute atomic E-state index is 0.0296. The van der Waals surface area contributed by atoms with E-state index < -0.39 is 6.41 Å². The number of nitrogens with zero attached hydrogens (tertiary/aromatic N) is 5. The molecule has 0 amide bonds. The summed E-state index contributed by atoms with van der Waals surface area (Å²) >= 11 is 0. The van der Waals surface area contributed by atoms with Gasteiger partial charge in [0.1, 0.15) is 29.2 Å². The molecule has 1 saturated heterocycles. The first-order chi connectivity index (χ1) is 14.5. The van der Waals surface area contributed by atoms with E-state index in [1.807, 2.05) is 29.2 Å². The van der Waals surface area contributed by atoms with E-state index >= 15 is 0 Å². The molecule has 2 fully saturated rings. The Morgan fingerprint density at radius 2 is 1.93 bits per heavy atom.